The molecule has 0 aromatic heterocycles. The highest BCUT2D eigenvalue weighted by atomic mass is 79.9. The van der Waals surface area contributed by atoms with Crippen LogP contribution in [0.1, 0.15) is 12.0 Å². The third-order valence-corrected chi connectivity index (χ3v) is 2.64. The Balaban J connectivity index is 2.47. The summed E-state index contributed by atoms with van der Waals surface area (Å²) in [5, 5.41) is -0.138. The molecule has 1 aromatic carbocycles. The van der Waals surface area contributed by atoms with Gasteiger partial charge in [0.2, 0.25) is 0 Å². The monoisotopic (exact) mass is 248 g/mol. The highest BCUT2D eigenvalue weighted by molar-refractivity contribution is 9.09. The molecule has 0 aliphatic carbocycles. The van der Waals surface area contributed by atoms with Gasteiger partial charge in [-0.3, -0.25) is 0 Å². The molecule has 1 atom stereocenters. The molecule has 1 aliphatic heterocycles. The number of hydrogen-bond donors (Lipinski definition) is 0. The van der Waals surface area contributed by atoms with Crippen LogP contribution in [0.4, 0.5) is 8.78 Å². The molecule has 0 amide bonds. The Morgan fingerprint density at radius 2 is 2.15 bits per heavy atom. The van der Waals surface area contributed by atoms with Gasteiger partial charge in [-0.05, 0) is 28.8 Å². The van der Waals surface area contributed by atoms with Gasteiger partial charge in [-0.1, -0.05) is 0 Å². The second kappa shape index (κ2) is 3.25. The van der Waals surface area contributed by atoms with Crippen molar-refractivity contribution in [2.75, 3.05) is 0 Å². The minimum atomic E-state index is -0.599. The standard InChI is InChI=1S/C9H7BrF2O/c10-9-2-1-6-7(12)3-5(11)4-8(6)13-9/h3-4,9H,1-2H2. The van der Waals surface area contributed by atoms with E-state index < -0.39 is 11.6 Å². The Labute approximate surface area is 82.8 Å². The molecular weight excluding hydrogens is 242 g/mol. The first kappa shape index (κ1) is 8.94. The van der Waals surface area contributed by atoms with Crippen molar-refractivity contribution >= 4 is 15.9 Å². The Bertz CT molecular complexity index is 341. The summed E-state index contributed by atoms with van der Waals surface area (Å²) in [5.74, 6) is -0.808. The largest absolute Gasteiger partial charge is 0.479 e. The minimum absolute atomic E-state index is 0.138. The lowest BCUT2D eigenvalue weighted by Gasteiger charge is -2.22. The molecule has 1 aromatic rings. The number of fused-ring (bicyclic) bond motifs is 1. The summed E-state index contributed by atoms with van der Waals surface area (Å²) in [6.45, 7) is 0. The predicted molar refractivity (Wildman–Crippen MR) is 48.0 cm³/mol. The van der Waals surface area contributed by atoms with Gasteiger partial charge in [-0.2, -0.15) is 0 Å². The summed E-state index contributed by atoms with van der Waals surface area (Å²) in [6.07, 6.45) is 1.28. The molecule has 1 unspecified atom stereocenters. The zero-order valence-electron chi connectivity index (χ0n) is 6.69. The quantitative estimate of drug-likeness (QED) is 0.642. The molecule has 1 nitrogen and oxygen atoms in total. The SMILES string of the molecule is Fc1cc(F)c2c(c1)OC(Br)CC2. The summed E-state index contributed by atoms with van der Waals surface area (Å²) in [5.41, 5.74) is 0.470. The van der Waals surface area contributed by atoms with Gasteiger partial charge in [-0.25, -0.2) is 8.78 Å². The van der Waals surface area contributed by atoms with Crippen LogP contribution in [0.5, 0.6) is 5.75 Å². The van der Waals surface area contributed by atoms with Crippen LogP contribution >= 0.6 is 15.9 Å². The van der Waals surface area contributed by atoms with E-state index in [1.54, 1.807) is 0 Å². The van der Waals surface area contributed by atoms with Crippen LogP contribution in [0, 0.1) is 11.6 Å². The summed E-state index contributed by atoms with van der Waals surface area (Å²) in [7, 11) is 0. The summed E-state index contributed by atoms with van der Waals surface area (Å²) >= 11 is 3.24. The van der Waals surface area contributed by atoms with Crippen LogP contribution in [-0.2, 0) is 6.42 Å². The third kappa shape index (κ3) is 1.68. The van der Waals surface area contributed by atoms with Crippen molar-refractivity contribution in [1.29, 1.82) is 0 Å². The summed E-state index contributed by atoms with van der Waals surface area (Å²) < 4.78 is 31.1. The molecule has 2 rings (SSSR count). The van der Waals surface area contributed by atoms with Crippen LogP contribution in [0.3, 0.4) is 0 Å². The maximum Gasteiger partial charge on any atom is 0.153 e. The molecule has 0 saturated carbocycles. The van der Waals surface area contributed by atoms with Gasteiger partial charge in [0.25, 0.3) is 0 Å². The molecule has 0 spiro atoms. The van der Waals surface area contributed by atoms with Crippen molar-refractivity contribution < 1.29 is 13.5 Å². The lowest BCUT2D eigenvalue weighted by molar-refractivity contribution is 0.256. The fraction of sp³-hybridized carbons (Fsp3) is 0.333. The highest BCUT2D eigenvalue weighted by Crippen LogP contribution is 2.32. The highest BCUT2D eigenvalue weighted by Gasteiger charge is 2.21. The second-order valence-electron chi connectivity index (χ2n) is 2.93. The van der Waals surface area contributed by atoms with Gasteiger partial charge >= 0.3 is 0 Å². The van der Waals surface area contributed by atoms with Crippen molar-refractivity contribution in [2.45, 2.75) is 17.9 Å². The van der Waals surface area contributed by atoms with E-state index in [1.807, 2.05) is 0 Å². The predicted octanol–water partition coefficient (Wildman–Crippen LogP) is 3.01. The van der Waals surface area contributed by atoms with Crippen LogP contribution in [0.25, 0.3) is 0 Å². The number of alkyl halides is 1. The minimum Gasteiger partial charge on any atom is -0.479 e. The van der Waals surface area contributed by atoms with Crippen LogP contribution in [-0.4, -0.2) is 5.01 Å². The number of halogens is 3. The maximum atomic E-state index is 13.1. The Morgan fingerprint density at radius 3 is 2.92 bits per heavy atom. The molecular formula is C9H7BrF2O. The van der Waals surface area contributed by atoms with E-state index in [0.717, 1.165) is 6.07 Å². The molecule has 0 N–H and O–H groups in total. The average molecular weight is 249 g/mol. The lowest BCUT2D eigenvalue weighted by atomic mass is 10.1. The van der Waals surface area contributed by atoms with Crippen LogP contribution < -0.4 is 4.74 Å². The topological polar surface area (TPSA) is 9.23 Å². The van der Waals surface area contributed by atoms with Crippen LogP contribution in [0.2, 0.25) is 0 Å². The van der Waals surface area contributed by atoms with Gasteiger partial charge in [0.1, 0.15) is 17.4 Å². The van der Waals surface area contributed by atoms with E-state index in [4.69, 9.17) is 4.74 Å². The van der Waals surface area contributed by atoms with E-state index in [9.17, 15) is 8.78 Å². The van der Waals surface area contributed by atoms with E-state index in [-0.39, 0.29) is 5.01 Å². The van der Waals surface area contributed by atoms with Crippen molar-refractivity contribution in [1.82, 2.24) is 0 Å². The molecule has 1 aliphatic rings. The molecule has 4 heteroatoms. The fourth-order valence-corrected chi connectivity index (χ4v) is 1.81. The van der Waals surface area contributed by atoms with Crippen molar-refractivity contribution in [2.24, 2.45) is 0 Å². The van der Waals surface area contributed by atoms with Crippen molar-refractivity contribution in [3.8, 4) is 5.75 Å². The molecule has 0 radical (unpaired) electrons. The first-order valence-electron chi connectivity index (χ1n) is 3.95. The summed E-state index contributed by atoms with van der Waals surface area (Å²) in [6, 6.07) is 2.10. The van der Waals surface area contributed by atoms with Gasteiger partial charge in [-0.15, -0.1) is 0 Å². The van der Waals surface area contributed by atoms with E-state index in [2.05, 4.69) is 15.9 Å². The van der Waals surface area contributed by atoms with Gasteiger partial charge < -0.3 is 4.74 Å². The number of rotatable bonds is 0. The molecule has 0 saturated heterocycles. The smallest absolute Gasteiger partial charge is 0.153 e. The molecule has 0 bridgehead atoms. The van der Waals surface area contributed by atoms with Crippen LogP contribution in [0.15, 0.2) is 12.1 Å². The van der Waals surface area contributed by atoms with E-state index >= 15 is 0 Å². The Hall–Kier alpha value is -0.640. The van der Waals surface area contributed by atoms with Gasteiger partial charge in [0.05, 0.1) is 0 Å². The fourth-order valence-electron chi connectivity index (χ4n) is 1.38. The van der Waals surface area contributed by atoms with Crippen molar-refractivity contribution in [3.05, 3.63) is 29.3 Å². The lowest BCUT2D eigenvalue weighted by Crippen LogP contribution is -2.17. The molecule has 70 valence electrons. The van der Waals surface area contributed by atoms with Gasteiger partial charge in [0.15, 0.2) is 5.01 Å². The number of hydrogen-bond acceptors (Lipinski definition) is 1. The molecule has 13 heavy (non-hydrogen) atoms. The molecule has 0 fully saturated rings. The Kier molecular flexibility index (Phi) is 2.24. The maximum absolute atomic E-state index is 13.1. The number of ether oxygens (including phenoxy) is 1. The zero-order chi connectivity index (χ0) is 9.42. The van der Waals surface area contributed by atoms with E-state index in [0.29, 0.717) is 24.2 Å². The normalized spacial score (nSPS) is 20.7. The first-order chi connectivity index (χ1) is 6.16. The average Bonchev–Trinajstić information content (AvgIpc) is 2.02. The third-order valence-electron chi connectivity index (χ3n) is 2.00. The first-order valence-corrected chi connectivity index (χ1v) is 4.87. The van der Waals surface area contributed by atoms with E-state index in [1.165, 1.54) is 6.07 Å². The summed E-state index contributed by atoms with van der Waals surface area (Å²) in [4.78, 5) is 0. The molecule has 1 heterocycles. The van der Waals surface area contributed by atoms with Crippen molar-refractivity contribution in [3.63, 3.8) is 0 Å². The van der Waals surface area contributed by atoms with Gasteiger partial charge in [0, 0.05) is 17.7 Å². The zero-order valence-corrected chi connectivity index (χ0v) is 8.27. The second-order valence-corrected chi connectivity index (χ2v) is 3.95. The Morgan fingerprint density at radius 1 is 1.38 bits per heavy atom. The number of benzene rings is 1.